The fraction of sp³-hybridized carbons (Fsp3) is 0.231. The van der Waals surface area contributed by atoms with Gasteiger partial charge in [-0.2, -0.15) is 0 Å². The number of hydrogen-bond donors (Lipinski definition) is 3. The van der Waals surface area contributed by atoms with E-state index in [4.69, 9.17) is 23.2 Å². The molecule has 1 rings (SSSR count). The van der Waals surface area contributed by atoms with E-state index in [9.17, 15) is 19.2 Å². The fourth-order valence-electron chi connectivity index (χ4n) is 1.28. The third-order valence-corrected chi connectivity index (χ3v) is 3.06. The molecule has 0 aliphatic heterocycles. The van der Waals surface area contributed by atoms with Gasteiger partial charge in [-0.25, -0.2) is 0 Å². The molecule has 10 heteroatoms. The van der Waals surface area contributed by atoms with Gasteiger partial charge in [0.15, 0.2) is 6.61 Å². The second-order valence-corrected chi connectivity index (χ2v) is 5.02. The molecule has 124 valence electrons. The van der Waals surface area contributed by atoms with E-state index in [0.717, 1.165) is 0 Å². The van der Waals surface area contributed by atoms with E-state index in [1.807, 2.05) is 10.9 Å². The zero-order chi connectivity index (χ0) is 17.4. The number of benzene rings is 1. The Labute approximate surface area is 141 Å². The number of esters is 1. The molecule has 1 aromatic carbocycles. The van der Waals surface area contributed by atoms with Crippen molar-refractivity contribution >= 4 is 46.9 Å². The van der Waals surface area contributed by atoms with Crippen LogP contribution < -0.4 is 16.2 Å². The molecule has 3 amide bonds. The molecule has 3 N–H and O–H groups in total. The third kappa shape index (κ3) is 6.98. The van der Waals surface area contributed by atoms with Gasteiger partial charge in [0.2, 0.25) is 5.91 Å². The van der Waals surface area contributed by atoms with E-state index in [-0.39, 0.29) is 10.6 Å². The normalized spacial score (nSPS) is 9.70. The lowest BCUT2D eigenvalue weighted by Crippen LogP contribution is -2.43. The quantitative estimate of drug-likeness (QED) is 0.519. The van der Waals surface area contributed by atoms with Crippen LogP contribution in [-0.2, 0) is 19.1 Å². The van der Waals surface area contributed by atoms with Crippen molar-refractivity contribution in [2.24, 2.45) is 0 Å². The molecule has 0 atom stereocenters. The van der Waals surface area contributed by atoms with Crippen molar-refractivity contribution in [3.8, 4) is 0 Å². The average molecular weight is 362 g/mol. The summed E-state index contributed by atoms with van der Waals surface area (Å²) in [4.78, 5) is 44.9. The number of carbonyl (C=O) groups excluding carboxylic acids is 4. The molecule has 0 aromatic heterocycles. The minimum Gasteiger partial charge on any atom is -0.454 e. The van der Waals surface area contributed by atoms with Crippen LogP contribution in [0.15, 0.2) is 18.2 Å². The Bertz CT molecular complexity index is 636. The predicted octanol–water partition coefficient (Wildman–Crippen LogP) is 0.434. The maximum atomic E-state index is 11.8. The number of halogens is 2. The zero-order valence-electron chi connectivity index (χ0n) is 11.9. The van der Waals surface area contributed by atoms with Gasteiger partial charge in [-0.1, -0.05) is 23.2 Å². The van der Waals surface area contributed by atoms with Crippen LogP contribution in [0.2, 0.25) is 10.0 Å². The number of hydrogen-bond acceptors (Lipinski definition) is 5. The molecule has 0 spiro atoms. The molecule has 0 fully saturated rings. The lowest BCUT2D eigenvalue weighted by molar-refractivity contribution is -0.148. The summed E-state index contributed by atoms with van der Waals surface area (Å²) in [6, 6.07) is 4.24. The highest BCUT2D eigenvalue weighted by molar-refractivity contribution is 6.42. The predicted molar refractivity (Wildman–Crippen MR) is 81.7 cm³/mol. The van der Waals surface area contributed by atoms with E-state index in [1.165, 1.54) is 25.1 Å². The van der Waals surface area contributed by atoms with Crippen LogP contribution in [0.3, 0.4) is 0 Å². The summed E-state index contributed by atoms with van der Waals surface area (Å²) < 4.78 is 4.60. The molecule has 0 radical (unpaired) electrons. The summed E-state index contributed by atoms with van der Waals surface area (Å²) in [6.07, 6.45) is 0. The zero-order valence-corrected chi connectivity index (χ0v) is 13.5. The highest BCUT2D eigenvalue weighted by Gasteiger charge is 2.12. The minimum absolute atomic E-state index is 0.205. The van der Waals surface area contributed by atoms with Crippen LogP contribution in [0.5, 0.6) is 0 Å². The maximum Gasteiger partial charge on any atom is 0.325 e. The van der Waals surface area contributed by atoms with Gasteiger partial charge in [0.1, 0.15) is 6.54 Å². The lowest BCUT2D eigenvalue weighted by Gasteiger charge is -2.08. The van der Waals surface area contributed by atoms with Crippen molar-refractivity contribution in [3.05, 3.63) is 33.8 Å². The molecule has 0 aliphatic rings. The number of rotatable bonds is 5. The number of carbonyl (C=O) groups is 4. The second-order valence-electron chi connectivity index (χ2n) is 4.20. The third-order valence-electron chi connectivity index (χ3n) is 2.32. The van der Waals surface area contributed by atoms with Gasteiger partial charge in [0.05, 0.1) is 10.0 Å². The molecule has 0 saturated carbocycles. The average Bonchev–Trinajstić information content (AvgIpc) is 2.51. The van der Waals surface area contributed by atoms with Gasteiger partial charge in [-0.3, -0.25) is 30.0 Å². The van der Waals surface area contributed by atoms with Gasteiger partial charge in [-0.15, -0.1) is 0 Å². The fourth-order valence-corrected chi connectivity index (χ4v) is 1.58. The van der Waals surface area contributed by atoms with Crippen molar-refractivity contribution in [1.29, 1.82) is 0 Å². The van der Waals surface area contributed by atoms with E-state index in [0.29, 0.717) is 5.02 Å². The van der Waals surface area contributed by atoms with E-state index < -0.39 is 36.8 Å². The molecule has 0 bridgehead atoms. The molecule has 0 unspecified atom stereocenters. The Kier molecular flexibility index (Phi) is 7.30. The van der Waals surface area contributed by atoms with Gasteiger partial charge in [-0.05, 0) is 18.2 Å². The first-order valence-corrected chi connectivity index (χ1v) is 6.99. The van der Waals surface area contributed by atoms with Crippen molar-refractivity contribution in [1.82, 2.24) is 16.2 Å². The van der Waals surface area contributed by atoms with Crippen molar-refractivity contribution in [2.75, 3.05) is 13.2 Å². The summed E-state index contributed by atoms with van der Waals surface area (Å²) in [5.41, 5.74) is 4.26. The van der Waals surface area contributed by atoms with Gasteiger partial charge in [0.25, 0.3) is 11.8 Å². The highest BCUT2D eigenvalue weighted by atomic mass is 35.5. The largest absolute Gasteiger partial charge is 0.454 e. The van der Waals surface area contributed by atoms with Gasteiger partial charge in [0, 0.05) is 12.5 Å². The van der Waals surface area contributed by atoms with Crippen LogP contribution in [0, 0.1) is 0 Å². The van der Waals surface area contributed by atoms with Crippen LogP contribution in [-0.4, -0.2) is 36.8 Å². The number of ether oxygens (including phenoxy) is 1. The Balaban J connectivity index is 2.35. The Morgan fingerprint density at radius 2 is 1.78 bits per heavy atom. The maximum absolute atomic E-state index is 11.8. The second kappa shape index (κ2) is 8.96. The lowest BCUT2D eigenvalue weighted by atomic mass is 10.2. The highest BCUT2D eigenvalue weighted by Crippen LogP contribution is 2.22. The van der Waals surface area contributed by atoms with Crippen LogP contribution in [0.1, 0.15) is 17.3 Å². The standard InChI is InChI=1S/C13H13Cl2N3O5/c1-7(19)17-18-11(20)6-23-12(21)5-16-13(22)8-2-3-9(14)10(15)4-8/h2-4H,5-6H2,1H3,(H,16,22)(H,17,19)(H,18,20). The molecule has 1 aromatic rings. The molecule has 0 saturated heterocycles. The Hall–Kier alpha value is -2.32. The molecular formula is C13H13Cl2N3O5. The summed E-state index contributed by atoms with van der Waals surface area (Å²) in [6.45, 7) is 0.166. The molecule has 8 nitrogen and oxygen atoms in total. The Morgan fingerprint density at radius 1 is 1.09 bits per heavy atom. The summed E-state index contributed by atoms with van der Waals surface area (Å²) in [7, 11) is 0. The van der Waals surface area contributed by atoms with Gasteiger partial charge >= 0.3 is 5.97 Å². The van der Waals surface area contributed by atoms with E-state index >= 15 is 0 Å². The number of hydrazine groups is 1. The van der Waals surface area contributed by atoms with Gasteiger partial charge < -0.3 is 10.1 Å². The smallest absolute Gasteiger partial charge is 0.325 e. The monoisotopic (exact) mass is 361 g/mol. The first-order valence-electron chi connectivity index (χ1n) is 6.24. The SMILES string of the molecule is CC(=O)NNC(=O)COC(=O)CNC(=O)c1ccc(Cl)c(Cl)c1. The molecule has 23 heavy (non-hydrogen) atoms. The van der Waals surface area contributed by atoms with Crippen LogP contribution in [0.25, 0.3) is 0 Å². The van der Waals surface area contributed by atoms with Crippen LogP contribution in [0.4, 0.5) is 0 Å². The minimum atomic E-state index is -0.823. The molecule has 0 aliphatic carbocycles. The summed E-state index contributed by atoms with van der Waals surface area (Å²) >= 11 is 11.5. The Morgan fingerprint density at radius 3 is 2.39 bits per heavy atom. The van der Waals surface area contributed by atoms with Crippen molar-refractivity contribution < 1.29 is 23.9 Å². The van der Waals surface area contributed by atoms with Crippen molar-refractivity contribution in [3.63, 3.8) is 0 Å². The van der Waals surface area contributed by atoms with E-state index in [2.05, 4.69) is 10.1 Å². The first-order chi connectivity index (χ1) is 10.8. The van der Waals surface area contributed by atoms with Crippen molar-refractivity contribution in [2.45, 2.75) is 6.92 Å². The van der Waals surface area contributed by atoms with Crippen LogP contribution >= 0.6 is 23.2 Å². The summed E-state index contributed by atoms with van der Waals surface area (Å²) in [5, 5.41) is 2.81. The topological polar surface area (TPSA) is 114 Å². The number of nitrogens with one attached hydrogen (secondary N) is 3. The number of amides is 3. The first kappa shape index (κ1) is 18.7. The van der Waals surface area contributed by atoms with E-state index in [1.54, 1.807) is 0 Å². The molecular weight excluding hydrogens is 349 g/mol. The summed E-state index contributed by atoms with van der Waals surface area (Å²) in [5.74, 6) is -2.57. The molecule has 0 heterocycles.